The molecule has 1 aliphatic heterocycles. The molecular weight excluding hydrogens is 361 g/mol. The van der Waals surface area contributed by atoms with E-state index in [-0.39, 0.29) is 23.5 Å². The largest absolute Gasteiger partial charge is 0.355 e. The van der Waals surface area contributed by atoms with Crippen molar-refractivity contribution in [3.8, 4) is 5.69 Å². The Morgan fingerprint density at radius 3 is 2.68 bits per heavy atom. The van der Waals surface area contributed by atoms with Crippen LogP contribution >= 0.6 is 0 Å². The summed E-state index contributed by atoms with van der Waals surface area (Å²) in [6.07, 6.45) is 1.53. The fraction of sp³-hybridized carbons (Fsp3) is 0.450. The number of likely N-dealkylation sites (tertiary alicyclic amines) is 1. The number of hydrogen-bond donors (Lipinski definition) is 2. The summed E-state index contributed by atoms with van der Waals surface area (Å²) >= 11 is 0. The van der Waals surface area contributed by atoms with Gasteiger partial charge < -0.3 is 16.0 Å². The van der Waals surface area contributed by atoms with Crippen LogP contribution in [0.5, 0.6) is 0 Å². The van der Waals surface area contributed by atoms with E-state index in [2.05, 4.69) is 10.4 Å². The smallest absolute Gasteiger partial charge is 0.257 e. The van der Waals surface area contributed by atoms with Crippen LogP contribution in [0.1, 0.15) is 34.6 Å². The first-order valence-electron chi connectivity index (χ1n) is 9.51. The van der Waals surface area contributed by atoms with Gasteiger partial charge in [-0.05, 0) is 51.0 Å². The van der Waals surface area contributed by atoms with E-state index < -0.39 is 0 Å². The Bertz CT molecular complexity index is 862. The van der Waals surface area contributed by atoms with Crippen LogP contribution in [0.2, 0.25) is 0 Å². The van der Waals surface area contributed by atoms with Crippen LogP contribution in [-0.2, 0) is 4.79 Å². The highest BCUT2D eigenvalue weighted by Crippen LogP contribution is 2.23. The SMILES string of the molecule is Cc1nn(-c2ccc(F)cc2)c(C)c1C(=O)N1CCCC(C(=O)NCCN)C1. The van der Waals surface area contributed by atoms with E-state index in [1.165, 1.54) is 12.1 Å². The summed E-state index contributed by atoms with van der Waals surface area (Å²) in [5.74, 6) is -0.732. The molecule has 1 saturated heterocycles. The molecule has 8 heteroatoms. The minimum Gasteiger partial charge on any atom is -0.355 e. The van der Waals surface area contributed by atoms with Gasteiger partial charge in [0.1, 0.15) is 5.82 Å². The number of rotatable bonds is 5. The van der Waals surface area contributed by atoms with Gasteiger partial charge >= 0.3 is 0 Å². The first-order valence-corrected chi connectivity index (χ1v) is 9.51. The van der Waals surface area contributed by atoms with Gasteiger partial charge in [-0.2, -0.15) is 5.10 Å². The third-order valence-electron chi connectivity index (χ3n) is 5.10. The maximum absolute atomic E-state index is 13.2. The summed E-state index contributed by atoms with van der Waals surface area (Å²) in [6, 6.07) is 5.98. The topological polar surface area (TPSA) is 93.2 Å². The van der Waals surface area contributed by atoms with E-state index in [1.807, 2.05) is 6.92 Å². The van der Waals surface area contributed by atoms with Crippen LogP contribution in [0.25, 0.3) is 5.69 Å². The highest BCUT2D eigenvalue weighted by Gasteiger charge is 2.31. The van der Waals surface area contributed by atoms with Crippen LogP contribution in [0.3, 0.4) is 0 Å². The lowest BCUT2D eigenvalue weighted by atomic mass is 9.96. The molecule has 150 valence electrons. The number of halogens is 1. The van der Waals surface area contributed by atoms with Crippen molar-refractivity contribution in [2.75, 3.05) is 26.2 Å². The molecule has 0 bridgehead atoms. The summed E-state index contributed by atoms with van der Waals surface area (Å²) in [5, 5.41) is 7.28. The first kappa shape index (κ1) is 20.0. The Morgan fingerprint density at radius 2 is 2.00 bits per heavy atom. The molecule has 1 atom stereocenters. The molecule has 2 amide bonds. The predicted molar refractivity (Wildman–Crippen MR) is 104 cm³/mol. The summed E-state index contributed by atoms with van der Waals surface area (Å²) < 4.78 is 14.9. The van der Waals surface area contributed by atoms with Gasteiger partial charge in [-0.25, -0.2) is 9.07 Å². The zero-order valence-electron chi connectivity index (χ0n) is 16.2. The zero-order chi connectivity index (χ0) is 20.3. The van der Waals surface area contributed by atoms with Crippen LogP contribution < -0.4 is 11.1 Å². The quantitative estimate of drug-likeness (QED) is 0.814. The maximum Gasteiger partial charge on any atom is 0.257 e. The molecule has 3 rings (SSSR count). The normalized spacial score (nSPS) is 16.9. The van der Waals surface area contributed by atoms with Crippen LogP contribution in [0, 0.1) is 25.6 Å². The van der Waals surface area contributed by atoms with E-state index >= 15 is 0 Å². The molecule has 1 aliphatic rings. The number of hydrogen-bond acceptors (Lipinski definition) is 4. The summed E-state index contributed by atoms with van der Waals surface area (Å²) in [4.78, 5) is 27.2. The zero-order valence-corrected chi connectivity index (χ0v) is 16.2. The predicted octanol–water partition coefficient (Wildman–Crippen LogP) is 1.56. The number of nitrogens with zero attached hydrogens (tertiary/aromatic N) is 3. The maximum atomic E-state index is 13.2. The minimum absolute atomic E-state index is 0.0570. The highest BCUT2D eigenvalue weighted by atomic mass is 19.1. The molecule has 7 nitrogen and oxygen atoms in total. The van der Waals surface area contributed by atoms with Gasteiger partial charge in [0.2, 0.25) is 5.91 Å². The molecule has 0 aliphatic carbocycles. The average Bonchev–Trinajstić information content (AvgIpc) is 3.00. The molecule has 2 aromatic rings. The Morgan fingerprint density at radius 1 is 1.29 bits per heavy atom. The van der Waals surface area contributed by atoms with Gasteiger partial charge in [-0.1, -0.05) is 0 Å². The van der Waals surface area contributed by atoms with Crippen LogP contribution in [0.15, 0.2) is 24.3 Å². The van der Waals surface area contributed by atoms with Crippen molar-refractivity contribution in [2.45, 2.75) is 26.7 Å². The fourth-order valence-electron chi connectivity index (χ4n) is 3.66. The molecule has 1 aromatic heterocycles. The molecule has 1 fully saturated rings. The van der Waals surface area contributed by atoms with Crippen molar-refractivity contribution in [3.63, 3.8) is 0 Å². The summed E-state index contributed by atoms with van der Waals surface area (Å²) in [5.41, 5.74) is 7.98. The number of nitrogens with one attached hydrogen (secondary N) is 1. The highest BCUT2D eigenvalue weighted by molar-refractivity contribution is 5.97. The lowest BCUT2D eigenvalue weighted by Crippen LogP contribution is -2.46. The Kier molecular flexibility index (Phi) is 6.08. The second kappa shape index (κ2) is 8.52. The number of carbonyl (C=O) groups excluding carboxylic acids is 2. The van der Waals surface area contributed by atoms with Gasteiger partial charge in [0.05, 0.1) is 28.6 Å². The molecule has 0 spiro atoms. The standard InChI is InChI=1S/C20H26FN5O2/c1-13-18(14(2)26(24-13)17-7-5-16(21)6-8-17)20(28)25-11-3-4-15(12-25)19(27)23-10-9-22/h5-8,15H,3-4,9-12,22H2,1-2H3,(H,23,27). The van der Waals surface area contributed by atoms with Gasteiger partial charge in [-0.15, -0.1) is 0 Å². The van der Waals surface area contributed by atoms with Gasteiger partial charge in [0.25, 0.3) is 5.91 Å². The number of carbonyl (C=O) groups is 2. The van der Waals surface area contributed by atoms with E-state index in [0.29, 0.717) is 48.8 Å². The molecular formula is C20H26FN5O2. The Balaban J connectivity index is 1.80. The second-order valence-corrected chi connectivity index (χ2v) is 7.10. The molecule has 2 heterocycles. The minimum atomic E-state index is -0.325. The Hall–Kier alpha value is -2.74. The molecule has 1 unspecified atom stereocenters. The van der Waals surface area contributed by atoms with Crippen molar-refractivity contribution in [2.24, 2.45) is 11.7 Å². The van der Waals surface area contributed by atoms with Crippen LogP contribution in [0.4, 0.5) is 4.39 Å². The van der Waals surface area contributed by atoms with E-state index in [9.17, 15) is 14.0 Å². The van der Waals surface area contributed by atoms with Crippen molar-refractivity contribution in [1.82, 2.24) is 20.0 Å². The average molecular weight is 387 g/mol. The Labute approximate surface area is 163 Å². The first-order chi connectivity index (χ1) is 13.4. The number of aryl methyl sites for hydroxylation is 1. The van der Waals surface area contributed by atoms with Gasteiger partial charge in [-0.3, -0.25) is 9.59 Å². The van der Waals surface area contributed by atoms with Crippen molar-refractivity contribution in [3.05, 3.63) is 47.0 Å². The third-order valence-corrected chi connectivity index (χ3v) is 5.10. The molecule has 28 heavy (non-hydrogen) atoms. The van der Waals surface area contributed by atoms with E-state index in [0.717, 1.165) is 12.8 Å². The summed E-state index contributed by atoms with van der Waals surface area (Å²) in [7, 11) is 0. The van der Waals surface area contributed by atoms with Crippen molar-refractivity contribution < 1.29 is 14.0 Å². The molecule has 0 saturated carbocycles. The number of benzene rings is 1. The van der Waals surface area contributed by atoms with E-state index in [1.54, 1.807) is 28.6 Å². The van der Waals surface area contributed by atoms with E-state index in [4.69, 9.17) is 5.73 Å². The number of amides is 2. The molecule has 3 N–H and O–H groups in total. The van der Waals surface area contributed by atoms with Gasteiger partial charge in [0.15, 0.2) is 0 Å². The lowest BCUT2D eigenvalue weighted by Gasteiger charge is -2.32. The van der Waals surface area contributed by atoms with Crippen LogP contribution in [-0.4, -0.2) is 52.7 Å². The van der Waals surface area contributed by atoms with Crippen molar-refractivity contribution in [1.29, 1.82) is 0 Å². The number of nitrogens with two attached hydrogens (primary N) is 1. The molecule has 0 radical (unpaired) electrons. The fourth-order valence-corrected chi connectivity index (χ4v) is 3.66. The summed E-state index contributed by atoms with van der Waals surface area (Å²) in [6.45, 7) is 5.44. The third kappa shape index (κ3) is 4.06. The molecule has 1 aromatic carbocycles. The number of aromatic nitrogens is 2. The lowest BCUT2D eigenvalue weighted by molar-refractivity contribution is -0.126. The monoisotopic (exact) mass is 387 g/mol. The second-order valence-electron chi connectivity index (χ2n) is 7.10. The number of piperidine rings is 1. The van der Waals surface area contributed by atoms with Crippen molar-refractivity contribution >= 4 is 11.8 Å². The van der Waals surface area contributed by atoms with Gasteiger partial charge in [0, 0.05) is 26.2 Å².